The standard InChI is InChI=1S/C17H18F3N3O2/c1-23(2)13-7-5-12(6-8-13)10-22-15(24)14-4-3-9-21-16(14)25-11-17(18,19)20/h3-9H,10-11H2,1-2H3,(H,22,24). The van der Waals surface area contributed by atoms with Crippen molar-refractivity contribution < 1.29 is 22.7 Å². The van der Waals surface area contributed by atoms with Gasteiger partial charge in [-0.3, -0.25) is 4.79 Å². The zero-order valence-electron chi connectivity index (χ0n) is 13.8. The summed E-state index contributed by atoms with van der Waals surface area (Å²) in [5.41, 5.74) is 1.84. The lowest BCUT2D eigenvalue weighted by Crippen LogP contribution is -2.25. The van der Waals surface area contributed by atoms with Gasteiger partial charge in [0.15, 0.2) is 6.61 Å². The Morgan fingerprint density at radius 2 is 1.88 bits per heavy atom. The van der Waals surface area contributed by atoms with Crippen LogP contribution in [0.15, 0.2) is 42.6 Å². The van der Waals surface area contributed by atoms with Crippen LogP contribution in [-0.2, 0) is 6.54 Å². The molecule has 2 rings (SSSR count). The normalized spacial score (nSPS) is 11.1. The van der Waals surface area contributed by atoms with E-state index in [9.17, 15) is 18.0 Å². The van der Waals surface area contributed by atoms with Gasteiger partial charge >= 0.3 is 6.18 Å². The number of amides is 1. The molecule has 5 nitrogen and oxygen atoms in total. The van der Waals surface area contributed by atoms with Gasteiger partial charge in [-0.2, -0.15) is 13.2 Å². The Balaban J connectivity index is 2.01. The topological polar surface area (TPSA) is 54.5 Å². The smallest absolute Gasteiger partial charge is 0.422 e. The summed E-state index contributed by atoms with van der Waals surface area (Å²) in [4.78, 5) is 17.9. The molecule has 0 aliphatic carbocycles. The number of alkyl halides is 3. The predicted molar refractivity (Wildman–Crippen MR) is 87.7 cm³/mol. The largest absolute Gasteiger partial charge is 0.467 e. The fraction of sp³-hybridized carbons (Fsp3) is 0.294. The Hall–Kier alpha value is -2.77. The second kappa shape index (κ2) is 7.87. The molecule has 0 saturated carbocycles. The molecule has 0 radical (unpaired) electrons. The number of benzene rings is 1. The zero-order valence-corrected chi connectivity index (χ0v) is 13.8. The summed E-state index contributed by atoms with van der Waals surface area (Å²) in [5.74, 6) is -0.901. The van der Waals surface area contributed by atoms with Crippen molar-refractivity contribution in [2.24, 2.45) is 0 Å². The highest BCUT2D eigenvalue weighted by Crippen LogP contribution is 2.20. The van der Waals surface area contributed by atoms with Gasteiger partial charge in [0, 0.05) is 32.5 Å². The molecule has 8 heteroatoms. The first-order valence-electron chi connectivity index (χ1n) is 7.45. The fourth-order valence-electron chi connectivity index (χ4n) is 2.02. The Morgan fingerprint density at radius 1 is 1.20 bits per heavy atom. The van der Waals surface area contributed by atoms with E-state index in [1.807, 2.05) is 43.3 Å². The fourth-order valence-corrected chi connectivity index (χ4v) is 2.02. The van der Waals surface area contributed by atoms with Gasteiger partial charge in [-0.25, -0.2) is 4.98 Å². The molecule has 1 heterocycles. The van der Waals surface area contributed by atoms with Crippen LogP contribution in [-0.4, -0.2) is 37.8 Å². The lowest BCUT2D eigenvalue weighted by Gasteiger charge is -2.13. The Morgan fingerprint density at radius 3 is 2.48 bits per heavy atom. The monoisotopic (exact) mass is 353 g/mol. The lowest BCUT2D eigenvalue weighted by atomic mass is 10.2. The number of anilines is 1. The second-order valence-corrected chi connectivity index (χ2v) is 5.50. The van der Waals surface area contributed by atoms with Crippen LogP contribution in [0.3, 0.4) is 0 Å². The van der Waals surface area contributed by atoms with Crippen LogP contribution in [0.1, 0.15) is 15.9 Å². The van der Waals surface area contributed by atoms with E-state index < -0.39 is 18.7 Å². The van der Waals surface area contributed by atoms with Crippen molar-refractivity contribution in [3.8, 4) is 5.88 Å². The predicted octanol–water partition coefficient (Wildman–Crippen LogP) is 3.02. The molecule has 0 atom stereocenters. The third-order valence-electron chi connectivity index (χ3n) is 3.29. The Labute approximate surface area is 143 Å². The molecule has 0 aliphatic rings. The molecule has 1 aromatic carbocycles. The molecular weight excluding hydrogens is 335 g/mol. The summed E-state index contributed by atoms with van der Waals surface area (Å²) < 4.78 is 41.4. The van der Waals surface area contributed by atoms with Gasteiger partial charge in [0.25, 0.3) is 5.91 Å². The molecule has 0 spiro atoms. The molecule has 1 aromatic heterocycles. The highest BCUT2D eigenvalue weighted by atomic mass is 19.4. The molecule has 1 N–H and O–H groups in total. The molecular formula is C17H18F3N3O2. The molecule has 134 valence electrons. The van der Waals surface area contributed by atoms with Crippen molar-refractivity contribution in [3.63, 3.8) is 0 Å². The van der Waals surface area contributed by atoms with Crippen molar-refractivity contribution in [3.05, 3.63) is 53.7 Å². The van der Waals surface area contributed by atoms with Crippen molar-refractivity contribution in [2.75, 3.05) is 25.6 Å². The number of hydrogen-bond donors (Lipinski definition) is 1. The van der Waals surface area contributed by atoms with Gasteiger partial charge < -0.3 is 15.0 Å². The van der Waals surface area contributed by atoms with E-state index in [0.717, 1.165) is 11.3 Å². The van der Waals surface area contributed by atoms with Crippen LogP contribution in [0.2, 0.25) is 0 Å². The number of carbonyl (C=O) groups excluding carboxylic acids is 1. The van der Waals surface area contributed by atoms with E-state index in [1.54, 1.807) is 0 Å². The van der Waals surface area contributed by atoms with E-state index in [0.29, 0.717) is 0 Å². The maximum Gasteiger partial charge on any atom is 0.422 e. The Bertz CT molecular complexity index is 716. The highest BCUT2D eigenvalue weighted by molar-refractivity contribution is 5.96. The summed E-state index contributed by atoms with van der Waals surface area (Å²) in [6.45, 7) is -1.27. The number of nitrogens with zero attached hydrogens (tertiary/aromatic N) is 2. The van der Waals surface area contributed by atoms with Crippen LogP contribution < -0.4 is 15.0 Å². The van der Waals surface area contributed by atoms with E-state index in [2.05, 4.69) is 15.0 Å². The second-order valence-electron chi connectivity index (χ2n) is 5.50. The molecule has 0 unspecified atom stereocenters. The zero-order chi connectivity index (χ0) is 18.4. The van der Waals surface area contributed by atoms with Gasteiger partial charge in [-0.05, 0) is 29.8 Å². The number of carbonyl (C=O) groups is 1. The number of pyridine rings is 1. The average molecular weight is 353 g/mol. The number of aromatic nitrogens is 1. The van der Waals surface area contributed by atoms with Crippen molar-refractivity contribution in [2.45, 2.75) is 12.7 Å². The van der Waals surface area contributed by atoms with Crippen LogP contribution >= 0.6 is 0 Å². The summed E-state index contributed by atoms with van der Waals surface area (Å²) in [6.07, 6.45) is -3.23. The van der Waals surface area contributed by atoms with E-state index in [1.165, 1.54) is 18.3 Å². The van der Waals surface area contributed by atoms with E-state index >= 15 is 0 Å². The quantitative estimate of drug-likeness (QED) is 0.867. The maximum atomic E-state index is 12.3. The SMILES string of the molecule is CN(C)c1ccc(CNC(=O)c2cccnc2OCC(F)(F)F)cc1. The minimum absolute atomic E-state index is 0.0448. The van der Waals surface area contributed by atoms with Crippen molar-refractivity contribution >= 4 is 11.6 Å². The van der Waals surface area contributed by atoms with Crippen molar-refractivity contribution in [1.29, 1.82) is 0 Å². The van der Waals surface area contributed by atoms with Gasteiger partial charge in [0.1, 0.15) is 5.56 Å². The first-order valence-corrected chi connectivity index (χ1v) is 7.45. The van der Waals surface area contributed by atoms with Gasteiger partial charge in [0.05, 0.1) is 0 Å². The van der Waals surface area contributed by atoms with Crippen LogP contribution in [0, 0.1) is 0 Å². The lowest BCUT2D eigenvalue weighted by molar-refractivity contribution is -0.154. The molecule has 2 aromatic rings. The van der Waals surface area contributed by atoms with Gasteiger partial charge in [-0.1, -0.05) is 12.1 Å². The highest BCUT2D eigenvalue weighted by Gasteiger charge is 2.29. The van der Waals surface area contributed by atoms with E-state index in [4.69, 9.17) is 0 Å². The average Bonchev–Trinajstić information content (AvgIpc) is 2.58. The molecule has 0 bridgehead atoms. The third kappa shape index (κ3) is 5.66. The summed E-state index contributed by atoms with van der Waals surface area (Å²) >= 11 is 0. The van der Waals surface area contributed by atoms with Gasteiger partial charge in [-0.15, -0.1) is 0 Å². The van der Waals surface area contributed by atoms with Crippen LogP contribution in [0.5, 0.6) is 5.88 Å². The summed E-state index contributed by atoms with van der Waals surface area (Å²) in [7, 11) is 3.84. The Kier molecular flexibility index (Phi) is 5.84. The first-order chi connectivity index (χ1) is 11.8. The first kappa shape index (κ1) is 18.6. The summed E-state index contributed by atoms with van der Waals surface area (Å²) in [5, 5.41) is 2.65. The number of ether oxygens (including phenoxy) is 1. The maximum absolute atomic E-state index is 12.3. The number of rotatable bonds is 6. The number of hydrogen-bond acceptors (Lipinski definition) is 4. The van der Waals surface area contributed by atoms with E-state index in [-0.39, 0.29) is 18.0 Å². The van der Waals surface area contributed by atoms with Gasteiger partial charge in [0.2, 0.25) is 5.88 Å². The molecule has 1 amide bonds. The minimum Gasteiger partial charge on any atom is -0.467 e. The number of halogens is 3. The summed E-state index contributed by atoms with van der Waals surface area (Å²) in [6, 6.07) is 10.4. The number of nitrogens with one attached hydrogen (secondary N) is 1. The molecule has 25 heavy (non-hydrogen) atoms. The van der Waals surface area contributed by atoms with Crippen molar-refractivity contribution in [1.82, 2.24) is 10.3 Å². The molecule has 0 fully saturated rings. The molecule has 0 saturated heterocycles. The van der Waals surface area contributed by atoms with Crippen LogP contribution in [0.4, 0.5) is 18.9 Å². The minimum atomic E-state index is -4.50. The van der Waals surface area contributed by atoms with Crippen LogP contribution in [0.25, 0.3) is 0 Å². The third-order valence-corrected chi connectivity index (χ3v) is 3.29. The molecule has 0 aliphatic heterocycles.